The molecule has 0 atom stereocenters. The van der Waals surface area contributed by atoms with Gasteiger partial charge in [0.2, 0.25) is 0 Å². The van der Waals surface area contributed by atoms with Gasteiger partial charge in [-0.25, -0.2) is 9.78 Å². The summed E-state index contributed by atoms with van der Waals surface area (Å²) in [5.41, 5.74) is -0.0743. The highest BCUT2D eigenvalue weighted by atomic mass is 32.1. The van der Waals surface area contributed by atoms with E-state index >= 15 is 0 Å². The SMILES string of the molecule is CCCCCCCCNC(=O)c1nc(C(=O)O)cs1. The third-order valence-corrected chi connectivity index (χ3v) is 3.57. The lowest BCUT2D eigenvalue weighted by Gasteiger charge is -2.02. The Morgan fingerprint density at radius 2 is 1.95 bits per heavy atom. The van der Waals surface area contributed by atoms with Gasteiger partial charge in [-0.05, 0) is 6.42 Å². The fraction of sp³-hybridized carbons (Fsp3) is 0.615. The highest BCUT2D eigenvalue weighted by Gasteiger charge is 2.13. The summed E-state index contributed by atoms with van der Waals surface area (Å²) in [6.45, 7) is 2.80. The predicted molar refractivity (Wildman–Crippen MR) is 74.8 cm³/mol. The summed E-state index contributed by atoms with van der Waals surface area (Å²) in [6, 6.07) is 0. The highest BCUT2D eigenvalue weighted by Crippen LogP contribution is 2.09. The maximum Gasteiger partial charge on any atom is 0.355 e. The number of hydrogen-bond donors (Lipinski definition) is 2. The molecule has 0 aliphatic carbocycles. The number of thiazole rings is 1. The molecule has 0 spiro atoms. The predicted octanol–water partition coefficient (Wildman–Crippen LogP) is 2.93. The van der Waals surface area contributed by atoms with Gasteiger partial charge in [-0.3, -0.25) is 4.79 Å². The number of unbranched alkanes of at least 4 members (excludes halogenated alkanes) is 5. The van der Waals surface area contributed by atoms with Crippen LogP contribution < -0.4 is 5.32 Å². The second-order valence-electron chi connectivity index (χ2n) is 4.37. The summed E-state index contributed by atoms with van der Waals surface area (Å²) in [4.78, 5) is 26.1. The lowest BCUT2D eigenvalue weighted by molar-refractivity contribution is 0.0691. The molecule has 1 aromatic rings. The molecular formula is C13H20N2O3S. The molecule has 5 nitrogen and oxygen atoms in total. The lowest BCUT2D eigenvalue weighted by Crippen LogP contribution is -2.24. The molecule has 0 bridgehead atoms. The molecule has 0 aliphatic heterocycles. The second kappa shape index (κ2) is 8.63. The summed E-state index contributed by atoms with van der Waals surface area (Å²) in [7, 11) is 0. The maximum absolute atomic E-state index is 11.7. The van der Waals surface area contributed by atoms with Gasteiger partial charge in [-0.2, -0.15) is 0 Å². The Kier molecular flexibility index (Phi) is 7.10. The molecule has 0 saturated heterocycles. The molecule has 1 aromatic heterocycles. The zero-order chi connectivity index (χ0) is 14.1. The first kappa shape index (κ1) is 15.6. The van der Waals surface area contributed by atoms with E-state index in [4.69, 9.17) is 5.11 Å². The van der Waals surface area contributed by atoms with Crippen molar-refractivity contribution in [1.82, 2.24) is 10.3 Å². The normalized spacial score (nSPS) is 10.4. The van der Waals surface area contributed by atoms with Crippen molar-refractivity contribution in [2.45, 2.75) is 45.4 Å². The molecule has 2 N–H and O–H groups in total. The molecule has 0 unspecified atom stereocenters. The molecular weight excluding hydrogens is 264 g/mol. The monoisotopic (exact) mass is 284 g/mol. The summed E-state index contributed by atoms with van der Waals surface area (Å²) < 4.78 is 0. The van der Waals surface area contributed by atoms with Crippen molar-refractivity contribution < 1.29 is 14.7 Å². The van der Waals surface area contributed by atoms with Crippen LogP contribution in [0.5, 0.6) is 0 Å². The minimum atomic E-state index is -1.11. The fourth-order valence-corrected chi connectivity index (χ4v) is 2.37. The van der Waals surface area contributed by atoms with Crippen LogP contribution >= 0.6 is 11.3 Å². The number of amides is 1. The van der Waals surface area contributed by atoms with Gasteiger partial charge in [-0.1, -0.05) is 39.0 Å². The third kappa shape index (κ3) is 5.83. The van der Waals surface area contributed by atoms with Gasteiger partial charge < -0.3 is 10.4 Å². The van der Waals surface area contributed by atoms with Crippen molar-refractivity contribution >= 4 is 23.2 Å². The Balaban J connectivity index is 2.18. The van der Waals surface area contributed by atoms with Gasteiger partial charge in [0.05, 0.1) is 0 Å². The second-order valence-corrected chi connectivity index (χ2v) is 5.22. The zero-order valence-corrected chi connectivity index (χ0v) is 12.0. The lowest BCUT2D eigenvalue weighted by atomic mass is 10.1. The number of carbonyl (C=O) groups is 2. The summed E-state index contributed by atoms with van der Waals surface area (Å²) in [6.07, 6.45) is 7.00. The van der Waals surface area contributed by atoms with Gasteiger partial charge in [0.1, 0.15) is 0 Å². The van der Waals surface area contributed by atoms with E-state index in [1.165, 1.54) is 31.1 Å². The van der Waals surface area contributed by atoms with E-state index in [0.717, 1.165) is 24.2 Å². The van der Waals surface area contributed by atoms with Crippen LogP contribution in [0.2, 0.25) is 0 Å². The van der Waals surface area contributed by atoms with Crippen LogP contribution in [0.25, 0.3) is 0 Å². The van der Waals surface area contributed by atoms with Crippen molar-refractivity contribution in [1.29, 1.82) is 0 Å². The topological polar surface area (TPSA) is 79.3 Å². The van der Waals surface area contributed by atoms with Crippen LogP contribution in [-0.4, -0.2) is 28.5 Å². The molecule has 0 aliphatic rings. The number of aromatic nitrogens is 1. The Labute approximate surface area is 117 Å². The molecule has 1 rings (SSSR count). The Bertz CT molecular complexity index is 418. The maximum atomic E-state index is 11.7. The van der Waals surface area contributed by atoms with Crippen molar-refractivity contribution in [2.24, 2.45) is 0 Å². The number of aromatic carboxylic acids is 1. The van der Waals surface area contributed by atoms with Gasteiger partial charge in [0.25, 0.3) is 5.91 Å². The van der Waals surface area contributed by atoms with E-state index in [9.17, 15) is 9.59 Å². The van der Waals surface area contributed by atoms with Gasteiger partial charge >= 0.3 is 5.97 Å². The number of nitrogens with zero attached hydrogens (tertiary/aromatic N) is 1. The van der Waals surface area contributed by atoms with Crippen LogP contribution in [-0.2, 0) is 0 Å². The van der Waals surface area contributed by atoms with Crippen LogP contribution in [0.4, 0.5) is 0 Å². The Morgan fingerprint density at radius 1 is 1.26 bits per heavy atom. The molecule has 1 heterocycles. The summed E-state index contributed by atoms with van der Waals surface area (Å²) in [5.74, 6) is -1.39. The molecule has 6 heteroatoms. The van der Waals surface area contributed by atoms with Crippen LogP contribution in [0.1, 0.15) is 65.7 Å². The molecule has 1 amide bonds. The number of carboxylic acids is 1. The summed E-state index contributed by atoms with van der Waals surface area (Å²) >= 11 is 1.06. The smallest absolute Gasteiger partial charge is 0.355 e. The number of carboxylic acid groups (broad SMARTS) is 1. The van der Waals surface area contributed by atoms with Gasteiger partial charge in [-0.15, -0.1) is 11.3 Å². The van der Waals surface area contributed by atoms with Crippen molar-refractivity contribution in [3.05, 3.63) is 16.1 Å². The van der Waals surface area contributed by atoms with E-state index in [-0.39, 0.29) is 16.6 Å². The van der Waals surface area contributed by atoms with Gasteiger partial charge in [0, 0.05) is 11.9 Å². The van der Waals surface area contributed by atoms with Crippen LogP contribution in [0, 0.1) is 0 Å². The molecule has 0 saturated carbocycles. The van der Waals surface area contributed by atoms with E-state index in [1.54, 1.807) is 0 Å². The van der Waals surface area contributed by atoms with Crippen molar-refractivity contribution in [3.8, 4) is 0 Å². The minimum Gasteiger partial charge on any atom is -0.476 e. The quantitative estimate of drug-likeness (QED) is 0.683. The molecule has 106 valence electrons. The Morgan fingerprint density at radius 3 is 2.58 bits per heavy atom. The number of carbonyl (C=O) groups excluding carboxylic acids is 1. The van der Waals surface area contributed by atoms with E-state index in [2.05, 4.69) is 17.2 Å². The van der Waals surface area contributed by atoms with Crippen molar-refractivity contribution in [2.75, 3.05) is 6.54 Å². The van der Waals surface area contributed by atoms with E-state index < -0.39 is 5.97 Å². The average molecular weight is 284 g/mol. The van der Waals surface area contributed by atoms with E-state index in [0.29, 0.717) is 6.54 Å². The fourth-order valence-electron chi connectivity index (χ4n) is 1.66. The number of hydrogen-bond acceptors (Lipinski definition) is 4. The number of rotatable bonds is 9. The highest BCUT2D eigenvalue weighted by molar-refractivity contribution is 7.11. The van der Waals surface area contributed by atoms with E-state index in [1.807, 2.05) is 0 Å². The first-order chi connectivity index (χ1) is 9.15. The average Bonchev–Trinajstić information content (AvgIpc) is 2.87. The molecule has 0 radical (unpaired) electrons. The number of nitrogens with one attached hydrogen (secondary N) is 1. The molecule has 0 aromatic carbocycles. The third-order valence-electron chi connectivity index (χ3n) is 2.73. The Hall–Kier alpha value is -1.43. The first-order valence-electron chi connectivity index (χ1n) is 6.62. The minimum absolute atomic E-state index is 0.0743. The van der Waals surface area contributed by atoms with Crippen molar-refractivity contribution in [3.63, 3.8) is 0 Å². The zero-order valence-electron chi connectivity index (χ0n) is 11.1. The largest absolute Gasteiger partial charge is 0.476 e. The first-order valence-corrected chi connectivity index (χ1v) is 7.50. The van der Waals surface area contributed by atoms with Gasteiger partial charge in [0.15, 0.2) is 10.7 Å². The standard InChI is InChI=1S/C13H20N2O3S/c1-2-3-4-5-6-7-8-14-11(16)12-15-10(9-19-12)13(17)18/h9H,2-8H2,1H3,(H,14,16)(H,17,18). The molecule has 19 heavy (non-hydrogen) atoms. The van der Waals surface area contributed by atoms with Crippen LogP contribution in [0.15, 0.2) is 5.38 Å². The van der Waals surface area contributed by atoms with Crippen LogP contribution in [0.3, 0.4) is 0 Å². The molecule has 0 fully saturated rings. The summed E-state index contributed by atoms with van der Waals surface area (Å²) in [5, 5.41) is 13.1.